The van der Waals surface area contributed by atoms with E-state index < -0.39 is 11.8 Å². The molecule has 1 fully saturated rings. The average molecular weight is 279 g/mol. The van der Waals surface area contributed by atoms with Crippen molar-refractivity contribution in [2.45, 2.75) is 24.6 Å². The van der Waals surface area contributed by atoms with Gasteiger partial charge in [0, 0.05) is 33.9 Å². The number of nitrogens with one attached hydrogen (secondary N) is 1. The van der Waals surface area contributed by atoms with Crippen LogP contribution in [0.4, 0.5) is 5.69 Å². The molecule has 2 amide bonds. The smallest absolute Gasteiger partial charge is 0.248 e. The van der Waals surface area contributed by atoms with Gasteiger partial charge in [-0.25, -0.2) is 0 Å². The van der Waals surface area contributed by atoms with Crippen LogP contribution in [0.5, 0.6) is 0 Å². The summed E-state index contributed by atoms with van der Waals surface area (Å²) in [7, 11) is 0. The molecule has 0 aromatic heterocycles. The quantitative estimate of drug-likeness (QED) is 0.771. The zero-order valence-electron chi connectivity index (χ0n) is 10.7. The minimum absolute atomic E-state index is 0.289. The molecule has 6 heteroatoms. The summed E-state index contributed by atoms with van der Waals surface area (Å²) in [6.45, 7) is 2.18. The number of carbonyl (C=O) groups is 2. The maximum absolute atomic E-state index is 11.3. The molecule has 0 aliphatic carbocycles. The molecule has 1 saturated heterocycles. The molecule has 0 bridgehead atoms. The van der Waals surface area contributed by atoms with E-state index in [1.807, 2.05) is 11.8 Å². The number of hydrogen-bond acceptors (Lipinski definition) is 4. The van der Waals surface area contributed by atoms with E-state index in [1.54, 1.807) is 12.1 Å². The molecule has 19 heavy (non-hydrogen) atoms. The number of amides is 2. The van der Waals surface area contributed by atoms with Crippen LogP contribution in [0.3, 0.4) is 0 Å². The number of primary amides is 2. The van der Waals surface area contributed by atoms with Gasteiger partial charge in [0.2, 0.25) is 11.8 Å². The van der Waals surface area contributed by atoms with Crippen molar-refractivity contribution >= 4 is 29.3 Å². The highest BCUT2D eigenvalue weighted by Gasteiger charge is 2.22. The lowest BCUT2D eigenvalue weighted by Gasteiger charge is -2.14. The van der Waals surface area contributed by atoms with Crippen LogP contribution < -0.4 is 16.8 Å². The predicted octanol–water partition coefficient (Wildman–Crippen LogP) is 1.19. The number of nitrogens with two attached hydrogens (primary N) is 2. The van der Waals surface area contributed by atoms with Gasteiger partial charge in [0.25, 0.3) is 0 Å². The van der Waals surface area contributed by atoms with E-state index in [1.165, 1.54) is 6.07 Å². The van der Waals surface area contributed by atoms with Gasteiger partial charge in [-0.05, 0) is 24.6 Å². The van der Waals surface area contributed by atoms with Crippen LogP contribution in [-0.2, 0) is 0 Å². The molecule has 1 aliphatic rings. The number of thioether (sulfide) groups is 1. The van der Waals surface area contributed by atoms with E-state index in [0.717, 1.165) is 12.2 Å². The predicted molar refractivity (Wildman–Crippen MR) is 77.4 cm³/mol. The lowest BCUT2D eigenvalue weighted by Crippen LogP contribution is -2.21. The number of hydrogen-bond donors (Lipinski definition) is 3. The molecule has 0 spiro atoms. The third-order valence-electron chi connectivity index (χ3n) is 3.07. The second-order valence-electron chi connectivity index (χ2n) is 4.75. The topological polar surface area (TPSA) is 98.2 Å². The fourth-order valence-corrected chi connectivity index (χ4v) is 3.30. The third-order valence-corrected chi connectivity index (χ3v) is 4.43. The fourth-order valence-electron chi connectivity index (χ4n) is 2.15. The first-order valence-electron chi connectivity index (χ1n) is 6.08. The second kappa shape index (κ2) is 5.52. The SMILES string of the molecule is CC1CC(Nc2cc(C(N)=O)cc(C(N)=O)c2)CS1. The molecule has 0 saturated carbocycles. The molecule has 1 aliphatic heterocycles. The van der Waals surface area contributed by atoms with Crippen molar-refractivity contribution in [1.82, 2.24) is 0 Å². The molecule has 1 aromatic rings. The highest BCUT2D eigenvalue weighted by atomic mass is 32.2. The zero-order chi connectivity index (χ0) is 14.0. The minimum Gasteiger partial charge on any atom is -0.381 e. The summed E-state index contributed by atoms with van der Waals surface area (Å²) >= 11 is 1.90. The molecular weight excluding hydrogens is 262 g/mol. The zero-order valence-corrected chi connectivity index (χ0v) is 11.5. The number of anilines is 1. The first-order valence-corrected chi connectivity index (χ1v) is 7.13. The largest absolute Gasteiger partial charge is 0.381 e. The first-order chi connectivity index (χ1) is 8.95. The highest BCUT2D eigenvalue weighted by Crippen LogP contribution is 2.28. The van der Waals surface area contributed by atoms with Crippen molar-refractivity contribution < 1.29 is 9.59 Å². The van der Waals surface area contributed by atoms with Gasteiger partial charge in [-0.2, -0.15) is 11.8 Å². The van der Waals surface area contributed by atoms with Crippen molar-refractivity contribution in [3.05, 3.63) is 29.3 Å². The lowest BCUT2D eigenvalue weighted by atomic mass is 10.1. The standard InChI is InChI=1S/C13H17N3O2S/c1-7-2-11(6-19-7)16-10-4-8(12(14)17)3-9(5-10)13(15)18/h3-5,7,11,16H,2,6H2,1H3,(H2,14,17)(H2,15,18). The molecule has 1 aromatic carbocycles. The van der Waals surface area contributed by atoms with Gasteiger partial charge in [-0.1, -0.05) is 6.92 Å². The van der Waals surface area contributed by atoms with Gasteiger partial charge in [-0.15, -0.1) is 0 Å². The van der Waals surface area contributed by atoms with Gasteiger partial charge in [0.15, 0.2) is 0 Å². The molecule has 0 radical (unpaired) electrons. The van der Waals surface area contributed by atoms with E-state index in [9.17, 15) is 9.59 Å². The van der Waals surface area contributed by atoms with Gasteiger partial charge >= 0.3 is 0 Å². The Morgan fingerprint density at radius 3 is 2.21 bits per heavy atom. The van der Waals surface area contributed by atoms with Crippen LogP contribution in [0.15, 0.2) is 18.2 Å². The molecule has 2 rings (SSSR count). The second-order valence-corrected chi connectivity index (χ2v) is 6.22. The van der Waals surface area contributed by atoms with Gasteiger partial charge in [-0.3, -0.25) is 9.59 Å². The number of rotatable bonds is 4. The van der Waals surface area contributed by atoms with Crippen molar-refractivity contribution in [3.8, 4) is 0 Å². The van der Waals surface area contributed by atoms with Crippen molar-refractivity contribution in [3.63, 3.8) is 0 Å². The van der Waals surface area contributed by atoms with E-state index in [4.69, 9.17) is 11.5 Å². The summed E-state index contributed by atoms with van der Waals surface area (Å²) < 4.78 is 0. The Labute approximate surface area is 116 Å². The Balaban J connectivity index is 2.23. The normalized spacial score (nSPS) is 22.2. The molecule has 5 nitrogen and oxygen atoms in total. The van der Waals surface area contributed by atoms with Crippen molar-refractivity contribution in [2.75, 3.05) is 11.1 Å². The number of benzene rings is 1. The number of carbonyl (C=O) groups excluding carboxylic acids is 2. The molecular formula is C13H17N3O2S. The van der Waals surface area contributed by atoms with Crippen LogP contribution in [-0.4, -0.2) is 28.9 Å². The summed E-state index contributed by atoms with van der Waals surface area (Å²) in [6.07, 6.45) is 1.05. The van der Waals surface area contributed by atoms with Gasteiger partial charge in [0.1, 0.15) is 0 Å². The Hall–Kier alpha value is -1.69. The maximum Gasteiger partial charge on any atom is 0.248 e. The monoisotopic (exact) mass is 279 g/mol. The highest BCUT2D eigenvalue weighted by molar-refractivity contribution is 8.00. The first kappa shape index (κ1) is 13.7. The van der Waals surface area contributed by atoms with Crippen LogP contribution in [0.1, 0.15) is 34.1 Å². The summed E-state index contributed by atoms with van der Waals surface area (Å²) in [5.74, 6) is -0.130. The third kappa shape index (κ3) is 3.41. The summed E-state index contributed by atoms with van der Waals surface area (Å²) in [4.78, 5) is 22.5. The minimum atomic E-state index is -0.569. The average Bonchev–Trinajstić information content (AvgIpc) is 2.74. The Morgan fingerprint density at radius 2 is 1.79 bits per heavy atom. The molecule has 1 heterocycles. The van der Waals surface area contributed by atoms with E-state index in [0.29, 0.717) is 17.0 Å². The van der Waals surface area contributed by atoms with E-state index in [2.05, 4.69) is 12.2 Å². The Bertz CT molecular complexity index is 486. The van der Waals surface area contributed by atoms with Crippen LogP contribution in [0, 0.1) is 0 Å². The molecule has 5 N–H and O–H groups in total. The van der Waals surface area contributed by atoms with Crippen molar-refractivity contribution in [2.24, 2.45) is 11.5 Å². The Kier molecular flexibility index (Phi) is 3.99. The fraction of sp³-hybridized carbons (Fsp3) is 0.385. The van der Waals surface area contributed by atoms with E-state index >= 15 is 0 Å². The van der Waals surface area contributed by atoms with E-state index in [-0.39, 0.29) is 11.1 Å². The maximum atomic E-state index is 11.3. The van der Waals surface area contributed by atoms with Crippen LogP contribution >= 0.6 is 11.8 Å². The molecule has 102 valence electrons. The van der Waals surface area contributed by atoms with Gasteiger partial charge in [0.05, 0.1) is 0 Å². The Morgan fingerprint density at radius 1 is 1.21 bits per heavy atom. The molecule has 2 atom stereocenters. The van der Waals surface area contributed by atoms with Gasteiger partial charge < -0.3 is 16.8 Å². The van der Waals surface area contributed by atoms with Crippen LogP contribution in [0.25, 0.3) is 0 Å². The lowest BCUT2D eigenvalue weighted by molar-refractivity contribution is 0.0999. The van der Waals surface area contributed by atoms with Crippen LogP contribution in [0.2, 0.25) is 0 Å². The summed E-state index contributed by atoms with van der Waals surface area (Å²) in [5.41, 5.74) is 11.8. The summed E-state index contributed by atoms with van der Waals surface area (Å²) in [5, 5.41) is 3.94. The summed E-state index contributed by atoms with van der Waals surface area (Å²) in [6, 6.07) is 5.07. The molecule has 2 unspecified atom stereocenters. The van der Waals surface area contributed by atoms with Crippen molar-refractivity contribution in [1.29, 1.82) is 0 Å².